The van der Waals surface area contributed by atoms with Crippen molar-refractivity contribution in [2.24, 2.45) is 5.92 Å². The lowest BCUT2D eigenvalue weighted by molar-refractivity contribution is -0.142. The molecule has 0 amide bonds. The molecular weight excluding hydrogens is 380 g/mol. The summed E-state index contributed by atoms with van der Waals surface area (Å²) in [5.74, 6) is -1.66. The number of aliphatic carboxylic acids is 2. The van der Waals surface area contributed by atoms with Crippen LogP contribution in [0.4, 0.5) is 0 Å². The Balaban J connectivity index is 2.91. The van der Waals surface area contributed by atoms with E-state index in [0.717, 1.165) is 19.6 Å². The zero-order chi connectivity index (χ0) is 21.8. The number of hydrogen-bond donors (Lipinski definition) is 2. The maximum absolute atomic E-state index is 11.8. The number of ether oxygens (including phenoxy) is 1. The number of carboxylic acid groups (broad SMARTS) is 2. The second kappa shape index (κ2) is 13.5. The van der Waals surface area contributed by atoms with Gasteiger partial charge in [0.15, 0.2) is 0 Å². The van der Waals surface area contributed by atoms with Gasteiger partial charge in [-0.2, -0.15) is 0 Å². The number of hydrogen-bond acceptors (Lipinski definition) is 8. The summed E-state index contributed by atoms with van der Waals surface area (Å²) in [6, 6.07) is 0. The molecule has 0 saturated carbocycles. The first kappa shape index (κ1) is 25.3. The average molecular weight is 417 g/mol. The van der Waals surface area contributed by atoms with Crippen molar-refractivity contribution >= 4 is 17.9 Å². The van der Waals surface area contributed by atoms with Crippen molar-refractivity contribution in [3.8, 4) is 0 Å². The molecular formula is C19H36N4O6. The summed E-state index contributed by atoms with van der Waals surface area (Å²) in [6.07, 6.45) is 0. The lowest BCUT2D eigenvalue weighted by atomic mass is 10.2. The van der Waals surface area contributed by atoms with Crippen molar-refractivity contribution in [3.63, 3.8) is 0 Å². The molecule has 10 nitrogen and oxygen atoms in total. The molecule has 0 unspecified atom stereocenters. The molecule has 0 bridgehead atoms. The molecule has 1 aliphatic rings. The number of carboxylic acids is 2. The largest absolute Gasteiger partial charge is 0.480 e. The predicted molar refractivity (Wildman–Crippen MR) is 108 cm³/mol. The highest BCUT2D eigenvalue weighted by Gasteiger charge is 2.20. The Labute approximate surface area is 173 Å². The second-order valence-electron chi connectivity index (χ2n) is 7.89. The van der Waals surface area contributed by atoms with Crippen LogP contribution >= 0.6 is 0 Å². The molecule has 1 heterocycles. The van der Waals surface area contributed by atoms with Gasteiger partial charge in [-0.3, -0.25) is 29.1 Å². The minimum Gasteiger partial charge on any atom is -0.480 e. The summed E-state index contributed by atoms with van der Waals surface area (Å²) in [5.41, 5.74) is 0. The van der Waals surface area contributed by atoms with Crippen LogP contribution in [0.3, 0.4) is 0 Å². The van der Waals surface area contributed by atoms with E-state index in [1.54, 1.807) is 4.90 Å². The lowest BCUT2D eigenvalue weighted by Gasteiger charge is -2.33. The number of nitrogens with zero attached hydrogens (tertiary/aromatic N) is 4. The molecule has 0 aromatic heterocycles. The molecule has 0 aromatic rings. The van der Waals surface area contributed by atoms with Crippen LogP contribution in [-0.2, 0) is 19.1 Å². The van der Waals surface area contributed by atoms with Crippen LogP contribution in [0.25, 0.3) is 0 Å². The van der Waals surface area contributed by atoms with E-state index in [1.807, 2.05) is 9.80 Å². The third-order valence-corrected chi connectivity index (χ3v) is 4.85. The molecule has 0 aliphatic carbocycles. The smallest absolute Gasteiger partial charge is 0.319 e. The zero-order valence-corrected chi connectivity index (χ0v) is 17.9. The minimum atomic E-state index is -0.926. The molecule has 1 fully saturated rings. The molecule has 1 saturated heterocycles. The van der Waals surface area contributed by atoms with E-state index in [9.17, 15) is 24.6 Å². The quantitative estimate of drug-likeness (QED) is 0.488. The SMILES string of the molecule is COC(=O)CN1CCN(CC(=O)O)CCN(CC(=O)O)CCN(CC(C)C)CC1. The second-order valence-corrected chi connectivity index (χ2v) is 7.89. The number of esters is 1. The van der Waals surface area contributed by atoms with Crippen LogP contribution in [0.2, 0.25) is 0 Å². The fourth-order valence-corrected chi connectivity index (χ4v) is 3.38. The normalized spacial score (nSPS) is 19.4. The Kier molecular flexibility index (Phi) is 11.7. The highest BCUT2D eigenvalue weighted by Crippen LogP contribution is 2.04. The van der Waals surface area contributed by atoms with Crippen molar-refractivity contribution in [3.05, 3.63) is 0 Å². The van der Waals surface area contributed by atoms with Gasteiger partial charge in [0, 0.05) is 58.9 Å². The van der Waals surface area contributed by atoms with Gasteiger partial charge in [0.1, 0.15) is 0 Å². The van der Waals surface area contributed by atoms with Gasteiger partial charge in [-0.25, -0.2) is 0 Å². The molecule has 0 atom stereocenters. The Hall–Kier alpha value is -1.75. The standard InChI is InChI=1S/C19H36N4O6/c1-16(2)12-20-4-6-21(13-17(24)25)7-8-22(14-18(26)27)9-11-23(10-5-20)15-19(28)29-3/h16H,4-15H2,1-3H3,(H,24,25)(H,26,27). The third kappa shape index (κ3) is 11.7. The fraction of sp³-hybridized carbons (Fsp3) is 0.842. The number of rotatable bonds is 8. The maximum Gasteiger partial charge on any atom is 0.319 e. The van der Waals surface area contributed by atoms with Crippen molar-refractivity contribution < 1.29 is 29.3 Å². The van der Waals surface area contributed by atoms with Gasteiger partial charge in [0.05, 0.1) is 26.7 Å². The van der Waals surface area contributed by atoms with Crippen LogP contribution < -0.4 is 0 Å². The van der Waals surface area contributed by atoms with E-state index in [1.165, 1.54) is 7.11 Å². The first-order valence-corrected chi connectivity index (χ1v) is 10.1. The molecule has 0 aromatic carbocycles. The molecule has 168 valence electrons. The van der Waals surface area contributed by atoms with Crippen LogP contribution in [0.15, 0.2) is 0 Å². The summed E-state index contributed by atoms with van der Waals surface area (Å²) < 4.78 is 4.80. The van der Waals surface area contributed by atoms with E-state index in [0.29, 0.717) is 45.2 Å². The van der Waals surface area contributed by atoms with Gasteiger partial charge in [0.25, 0.3) is 0 Å². The molecule has 1 rings (SSSR count). The van der Waals surface area contributed by atoms with Crippen molar-refractivity contribution in [2.45, 2.75) is 13.8 Å². The number of methoxy groups -OCH3 is 1. The third-order valence-electron chi connectivity index (χ3n) is 4.85. The zero-order valence-electron chi connectivity index (χ0n) is 17.9. The van der Waals surface area contributed by atoms with Crippen molar-refractivity contribution in [1.82, 2.24) is 19.6 Å². The monoisotopic (exact) mass is 416 g/mol. The van der Waals surface area contributed by atoms with Gasteiger partial charge in [-0.05, 0) is 5.92 Å². The first-order valence-electron chi connectivity index (χ1n) is 10.1. The van der Waals surface area contributed by atoms with Crippen LogP contribution in [-0.4, -0.2) is 133 Å². The predicted octanol–water partition coefficient (Wildman–Crippen LogP) is -0.794. The Morgan fingerprint density at radius 1 is 0.724 bits per heavy atom. The maximum atomic E-state index is 11.8. The van der Waals surface area contributed by atoms with E-state index in [-0.39, 0.29) is 25.6 Å². The summed E-state index contributed by atoms with van der Waals surface area (Å²) >= 11 is 0. The molecule has 10 heteroatoms. The number of carbonyl (C=O) groups excluding carboxylic acids is 1. The van der Waals surface area contributed by atoms with Crippen molar-refractivity contribution in [1.29, 1.82) is 0 Å². The fourth-order valence-electron chi connectivity index (χ4n) is 3.38. The Bertz CT molecular complexity index is 531. The van der Waals surface area contributed by atoms with Gasteiger partial charge >= 0.3 is 17.9 Å². The van der Waals surface area contributed by atoms with Crippen LogP contribution in [0, 0.1) is 5.92 Å². The highest BCUT2D eigenvalue weighted by atomic mass is 16.5. The molecule has 0 radical (unpaired) electrons. The van der Waals surface area contributed by atoms with E-state index in [2.05, 4.69) is 18.7 Å². The van der Waals surface area contributed by atoms with Gasteiger partial charge < -0.3 is 19.8 Å². The lowest BCUT2D eigenvalue weighted by Crippen LogP contribution is -2.49. The topological polar surface area (TPSA) is 114 Å². The minimum absolute atomic E-state index is 0.0646. The van der Waals surface area contributed by atoms with Crippen LogP contribution in [0.1, 0.15) is 13.8 Å². The van der Waals surface area contributed by atoms with Crippen LogP contribution in [0.5, 0.6) is 0 Å². The van der Waals surface area contributed by atoms with Crippen molar-refractivity contribution in [2.75, 3.05) is 85.6 Å². The highest BCUT2D eigenvalue weighted by molar-refractivity contribution is 5.71. The van der Waals surface area contributed by atoms with Gasteiger partial charge in [0.2, 0.25) is 0 Å². The number of carbonyl (C=O) groups is 3. The van der Waals surface area contributed by atoms with Gasteiger partial charge in [-0.15, -0.1) is 0 Å². The first-order chi connectivity index (χ1) is 13.7. The average Bonchev–Trinajstić information content (AvgIpc) is 2.62. The Morgan fingerprint density at radius 3 is 1.38 bits per heavy atom. The van der Waals surface area contributed by atoms with E-state index < -0.39 is 11.9 Å². The summed E-state index contributed by atoms with van der Waals surface area (Å²) in [5, 5.41) is 18.4. The summed E-state index contributed by atoms with van der Waals surface area (Å²) in [7, 11) is 1.36. The molecule has 0 spiro atoms. The molecule has 2 N–H and O–H groups in total. The molecule has 1 aliphatic heterocycles. The van der Waals surface area contributed by atoms with Gasteiger partial charge in [-0.1, -0.05) is 13.8 Å². The van der Waals surface area contributed by atoms with E-state index in [4.69, 9.17) is 4.74 Å². The molecule has 29 heavy (non-hydrogen) atoms. The summed E-state index contributed by atoms with van der Waals surface area (Å²) in [6.45, 7) is 9.81. The summed E-state index contributed by atoms with van der Waals surface area (Å²) in [4.78, 5) is 42.1. The van der Waals surface area contributed by atoms with E-state index >= 15 is 0 Å². The Morgan fingerprint density at radius 2 is 1.07 bits per heavy atom.